The molecule has 32 heavy (non-hydrogen) atoms. The van der Waals surface area contributed by atoms with E-state index in [0.717, 1.165) is 33.7 Å². The first-order valence-corrected chi connectivity index (χ1v) is 10.6. The second-order valence-electron chi connectivity index (χ2n) is 8.10. The molecule has 0 atom stereocenters. The van der Waals surface area contributed by atoms with E-state index in [1.165, 1.54) is 0 Å². The number of carbonyl (C=O) groups excluding carboxylic acids is 1. The summed E-state index contributed by atoms with van der Waals surface area (Å²) in [5.41, 5.74) is 4.66. The minimum absolute atomic E-state index is 0.124. The van der Waals surface area contributed by atoms with E-state index in [0.29, 0.717) is 11.5 Å². The number of aromatic hydroxyl groups is 1. The van der Waals surface area contributed by atoms with Crippen molar-refractivity contribution in [3.8, 4) is 11.5 Å². The molecule has 0 bridgehead atoms. The highest BCUT2D eigenvalue weighted by Gasteiger charge is 2.33. The van der Waals surface area contributed by atoms with Crippen molar-refractivity contribution in [1.82, 2.24) is 0 Å². The Balaban J connectivity index is 1.90. The largest absolute Gasteiger partial charge is 0.508 e. The molecule has 0 aromatic heterocycles. The molecule has 3 aromatic carbocycles. The second-order valence-corrected chi connectivity index (χ2v) is 8.10. The average Bonchev–Trinajstić information content (AvgIpc) is 3.10. The first kappa shape index (κ1) is 21.4. The molecule has 5 heteroatoms. The van der Waals surface area contributed by atoms with Crippen LogP contribution in [-0.4, -0.2) is 24.0 Å². The lowest BCUT2D eigenvalue weighted by molar-refractivity contribution is -0.113. The van der Waals surface area contributed by atoms with Gasteiger partial charge in [0.2, 0.25) is 0 Å². The van der Waals surface area contributed by atoms with Crippen LogP contribution in [0.1, 0.15) is 42.0 Å². The zero-order valence-electron chi connectivity index (χ0n) is 18.7. The first-order chi connectivity index (χ1) is 15.4. The van der Waals surface area contributed by atoms with Crippen molar-refractivity contribution in [2.45, 2.75) is 26.7 Å². The molecular formula is C27H26N2O3. The van der Waals surface area contributed by atoms with E-state index in [4.69, 9.17) is 4.74 Å². The van der Waals surface area contributed by atoms with Crippen LogP contribution in [0, 0.1) is 6.92 Å². The fourth-order valence-corrected chi connectivity index (χ4v) is 3.82. The van der Waals surface area contributed by atoms with Gasteiger partial charge >= 0.3 is 0 Å². The number of ether oxygens (including phenoxy) is 1. The number of hydrogen-bond donors (Lipinski definition) is 1. The molecule has 4 rings (SSSR count). The van der Waals surface area contributed by atoms with Gasteiger partial charge in [-0.25, -0.2) is 0 Å². The van der Waals surface area contributed by atoms with Crippen molar-refractivity contribution < 1.29 is 14.6 Å². The van der Waals surface area contributed by atoms with Crippen LogP contribution in [0.25, 0.3) is 6.08 Å². The SMILES string of the molecule is COc1ccc(/C=C2\C(=O)N=C(c3ccccc3)N2c2cc(C(C)C)c(O)cc2C)cc1. The van der Waals surface area contributed by atoms with Crippen molar-refractivity contribution in [2.75, 3.05) is 12.0 Å². The van der Waals surface area contributed by atoms with Gasteiger partial charge in [0, 0.05) is 5.56 Å². The van der Waals surface area contributed by atoms with Crippen molar-refractivity contribution in [1.29, 1.82) is 0 Å². The van der Waals surface area contributed by atoms with Crippen molar-refractivity contribution in [3.05, 3.63) is 94.7 Å². The third-order valence-electron chi connectivity index (χ3n) is 5.54. The van der Waals surface area contributed by atoms with Crippen LogP contribution in [0.2, 0.25) is 0 Å². The van der Waals surface area contributed by atoms with Crippen LogP contribution < -0.4 is 9.64 Å². The molecular weight excluding hydrogens is 400 g/mol. The highest BCUT2D eigenvalue weighted by atomic mass is 16.5. The lowest BCUT2D eigenvalue weighted by atomic mass is 9.98. The van der Waals surface area contributed by atoms with E-state index in [-0.39, 0.29) is 17.6 Å². The molecule has 0 saturated carbocycles. The summed E-state index contributed by atoms with van der Waals surface area (Å²) in [4.78, 5) is 19.4. The Morgan fingerprint density at radius 1 is 1.03 bits per heavy atom. The predicted octanol–water partition coefficient (Wildman–Crippen LogP) is 5.67. The lowest BCUT2D eigenvalue weighted by Crippen LogP contribution is -2.28. The Morgan fingerprint density at radius 2 is 1.72 bits per heavy atom. The molecule has 0 aliphatic carbocycles. The van der Waals surface area contributed by atoms with Gasteiger partial charge in [0.15, 0.2) is 0 Å². The number of aliphatic imine (C=N–C) groups is 1. The van der Waals surface area contributed by atoms with Gasteiger partial charge in [0.25, 0.3) is 5.91 Å². The Morgan fingerprint density at radius 3 is 2.34 bits per heavy atom. The van der Waals surface area contributed by atoms with Gasteiger partial charge in [0.1, 0.15) is 23.0 Å². The molecule has 0 radical (unpaired) electrons. The number of benzene rings is 3. The van der Waals surface area contributed by atoms with Gasteiger partial charge in [-0.05, 0) is 59.9 Å². The normalized spacial score (nSPS) is 14.9. The average molecular weight is 427 g/mol. The minimum Gasteiger partial charge on any atom is -0.508 e. The van der Waals surface area contributed by atoms with Crippen LogP contribution in [0.5, 0.6) is 11.5 Å². The van der Waals surface area contributed by atoms with Gasteiger partial charge in [-0.1, -0.05) is 56.3 Å². The maximum absolute atomic E-state index is 13.1. The van der Waals surface area contributed by atoms with Crippen molar-refractivity contribution >= 4 is 23.5 Å². The monoisotopic (exact) mass is 426 g/mol. The molecule has 0 unspecified atom stereocenters. The maximum atomic E-state index is 13.1. The van der Waals surface area contributed by atoms with Crippen LogP contribution in [0.15, 0.2) is 77.4 Å². The standard InChI is InChI=1S/C27H26N2O3/c1-17(2)22-16-23(18(3)14-25(22)30)29-24(15-19-10-12-21(32-4)13-11-19)27(31)28-26(29)20-8-6-5-7-9-20/h5-17,30H,1-4H3/b24-15+. The zero-order valence-corrected chi connectivity index (χ0v) is 18.7. The van der Waals surface area contributed by atoms with Gasteiger partial charge < -0.3 is 9.84 Å². The molecule has 0 spiro atoms. The molecule has 3 aromatic rings. The smallest absolute Gasteiger partial charge is 0.296 e. The number of anilines is 1. The number of nitrogens with zero attached hydrogens (tertiary/aromatic N) is 2. The van der Waals surface area contributed by atoms with E-state index in [1.807, 2.05) is 92.4 Å². The fourth-order valence-electron chi connectivity index (χ4n) is 3.82. The Bertz CT molecular complexity index is 1210. The van der Waals surface area contributed by atoms with Crippen LogP contribution in [0.3, 0.4) is 0 Å². The molecule has 5 nitrogen and oxygen atoms in total. The lowest BCUT2D eigenvalue weighted by Gasteiger charge is -2.25. The highest BCUT2D eigenvalue weighted by molar-refractivity contribution is 6.28. The van der Waals surface area contributed by atoms with Gasteiger partial charge in [-0.2, -0.15) is 4.99 Å². The summed E-state index contributed by atoms with van der Waals surface area (Å²) in [5, 5.41) is 10.5. The third kappa shape index (κ3) is 4.02. The van der Waals surface area contributed by atoms with E-state index in [9.17, 15) is 9.90 Å². The summed E-state index contributed by atoms with van der Waals surface area (Å²) in [6.45, 7) is 5.99. The van der Waals surface area contributed by atoms with E-state index < -0.39 is 0 Å². The summed E-state index contributed by atoms with van der Waals surface area (Å²) >= 11 is 0. The Hall–Kier alpha value is -3.86. The molecule has 162 valence electrons. The highest BCUT2D eigenvalue weighted by Crippen LogP contribution is 2.37. The number of phenols is 1. The summed E-state index contributed by atoms with van der Waals surface area (Å²) in [7, 11) is 1.62. The Labute approximate surface area is 188 Å². The van der Waals surface area contributed by atoms with E-state index >= 15 is 0 Å². The number of aryl methyl sites for hydroxylation is 1. The number of carbonyl (C=O) groups is 1. The second kappa shape index (κ2) is 8.71. The van der Waals surface area contributed by atoms with Gasteiger partial charge in [-0.15, -0.1) is 0 Å². The number of methoxy groups -OCH3 is 1. The van der Waals surface area contributed by atoms with Crippen LogP contribution in [-0.2, 0) is 4.79 Å². The molecule has 1 heterocycles. The fraction of sp³-hybridized carbons (Fsp3) is 0.185. The summed E-state index contributed by atoms with van der Waals surface area (Å²) in [6, 6.07) is 20.9. The maximum Gasteiger partial charge on any atom is 0.296 e. The van der Waals surface area contributed by atoms with Crippen LogP contribution >= 0.6 is 0 Å². The Kier molecular flexibility index (Phi) is 5.82. The summed E-state index contributed by atoms with van der Waals surface area (Å²) < 4.78 is 5.24. The van der Waals surface area contributed by atoms with Crippen molar-refractivity contribution in [2.24, 2.45) is 4.99 Å². The molecule has 1 amide bonds. The first-order valence-electron chi connectivity index (χ1n) is 10.6. The molecule has 1 aliphatic heterocycles. The number of amidine groups is 1. The molecule has 0 fully saturated rings. The van der Waals surface area contributed by atoms with E-state index in [2.05, 4.69) is 4.99 Å². The molecule has 0 saturated heterocycles. The predicted molar refractivity (Wildman–Crippen MR) is 128 cm³/mol. The number of phenolic OH excluding ortho intramolecular Hbond substituents is 1. The van der Waals surface area contributed by atoms with E-state index in [1.54, 1.807) is 13.2 Å². The molecule has 1 aliphatic rings. The third-order valence-corrected chi connectivity index (χ3v) is 5.54. The summed E-state index contributed by atoms with van der Waals surface area (Å²) in [6.07, 6.45) is 1.84. The van der Waals surface area contributed by atoms with Crippen molar-refractivity contribution in [3.63, 3.8) is 0 Å². The van der Waals surface area contributed by atoms with Gasteiger partial charge in [-0.3, -0.25) is 9.69 Å². The zero-order chi connectivity index (χ0) is 22.8. The number of rotatable bonds is 5. The van der Waals surface area contributed by atoms with Gasteiger partial charge in [0.05, 0.1) is 12.8 Å². The number of amides is 1. The summed E-state index contributed by atoms with van der Waals surface area (Å²) in [5.74, 6) is 1.39. The minimum atomic E-state index is -0.307. The topological polar surface area (TPSA) is 62.1 Å². The molecule has 1 N–H and O–H groups in total. The number of hydrogen-bond acceptors (Lipinski definition) is 4. The van der Waals surface area contributed by atoms with Crippen LogP contribution in [0.4, 0.5) is 5.69 Å². The quantitative estimate of drug-likeness (QED) is 0.534.